The van der Waals surface area contributed by atoms with Crippen molar-refractivity contribution in [3.63, 3.8) is 0 Å². The minimum absolute atomic E-state index is 0.177. The van der Waals surface area contributed by atoms with Gasteiger partial charge in [-0.25, -0.2) is 9.97 Å². The van der Waals surface area contributed by atoms with Gasteiger partial charge in [-0.2, -0.15) is 0 Å². The van der Waals surface area contributed by atoms with E-state index in [-0.39, 0.29) is 11.9 Å². The van der Waals surface area contributed by atoms with Gasteiger partial charge in [-0.1, -0.05) is 13.8 Å². The second kappa shape index (κ2) is 8.69. The first-order valence-corrected chi connectivity index (χ1v) is 9.84. The first-order chi connectivity index (χ1) is 13.0. The summed E-state index contributed by atoms with van der Waals surface area (Å²) in [6, 6.07) is -0.217. The lowest BCUT2D eigenvalue weighted by Crippen LogP contribution is -2.42. The number of hydrogen-bond donors (Lipinski definition) is 0. The highest BCUT2D eigenvalue weighted by Crippen LogP contribution is 2.28. The Morgan fingerprint density at radius 3 is 2.56 bits per heavy atom. The molecule has 27 heavy (non-hydrogen) atoms. The molecule has 3 rings (SSSR count). The zero-order valence-electron chi connectivity index (χ0n) is 16.8. The average Bonchev–Trinajstić information content (AvgIpc) is 3.34. The Bertz CT molecular complexity index is 743. The maximum atomic E-state index is 13.0. The molecule has 1 amide bonds. The van der Waals surface area contributed by atoms with Crippen LogP contribution < -0.4 is 0 Å². The summed E-state index contributed by atoms with van der Waals surface area (Å²) >= 11 is 0. The summed E-state index contributed by atoms with van der Waals surface area (Å²) < 4.78 is 9.37. The van der Waals surface area contributed by atoms with E-state index in [1.807, 2.05) is 35.0 Å². The highest BCUT2D eigenvalue weighted by atomic mass is 16.5. The van der Waals surface area contributed by atoms with Crippen LogP contribution in [0.5, 0.6) is 0 Å². The van der Waals surface area contributed by atoms with Crippen LogP contribution in [0.15, 0.2) is 24.8 Å². The van der Waals surface area contributed by atoms with Gasteiger partial charge < -0.3 is 18.8 Å². The van der Waals surface area contributed by atoms with E-state index in [2.05, 4.69) is 28.4 Å². The number of methoxy groups -OCH3 is 1. The van der Waals surface area contributed by atoms with E-state index in [1.165, 1.54) is 0 Å². The Morgan fingerprint density at radius 2 is 1.89 bits per heavy atom. The lowest BCUT2D eigenvalue weighted by Gasteiger charge is -2.34. The third-order valence-electron chi connectivity index (χ3n) is 5.45. The van der Waals surface area contributed by atoms with Crippen LogP contribution >= 0.6 is 0 Å². The summed E-state index contributed by atoms with van der Waals surface area (Å²) in [5, 5.41) is 0. The van der Waals surface area contributed by atoms with Crippen LogP contribution in [0.2, 0.25) is 0 Å². The fourth-order valence-electron chi connectivity index (χ4n) is 3.90. The molecular weight excluding hydrogens is 342 g/mol. The van der Waals surface area contributed by atoms with Crippen LogP contribution in [-0.2, 0) is 16.1 Å². The van der Waals surface area contributed by atoms with Crippen molar-refractivity contribution < 1.29 is 9.53 Å². The molecule has 1 atom stereocenters. The van der Waals surface area contributed by atoms with Gasteiger partial charge in [0.05, 0.1) is 6.61 Å². The monoisotopic (exact) mass is 373 g/mol. The van der Waals surface area contributed by atoms with Crippen molar-refractivity contribution in [2.24, 2.45) is 0 Å². The van der Waals surface area contributed by atoms with Gasteiger partial charge in [0, 0.05) is 63.4 Å². The van der Waals surface area contributed by atoms with E-state index < -0.39 is 0 Å². The highest BCUT2D eigenvalue weighted by Gasteiger charge is 2.30. The number of carbonyl (C=O) groups excluding carboxylic acids is 1. The highest BCUT2D eigenvalue weighted by molar-refractivity contribution is 5.80. The molecule has 2 aromatic rings. The molecule has 0 bridgehead atoms. The van der Waals surface area contributed by atoms with Crippen LogP contribution in [0.25, 0.3) is 0 Å². The average molecular weight is 374 g/mol. The van der Waals surface area contributed by atoms with Crippen molar-refractivity contribution in [1.29, 1.82) is 0 Å². The molecule has 0 spiro atoms. The number of ether oxygens (including phenoxy) is 1. The predicted molar refractivity (Wildman–Crippen MR) is 104 cm³/mol. The molecule has 1 aliphatic rings. The van der Waals surface area contributed by atoms with Crippen molar-refractivity contribution in [1.82, 2.24) is 24.0 Å². The Balaban J connectivity index is 1.61. The second-order valence-corrected chi connectivity index (χ2v) is 7.59. The summed E-state index contributed by atoms with van der Waals surface area (Å²) in [4.78, 5) is 24.0. The molecule has 148 valence electrons. The standard InChI is InChI=1S/C20H31N5O2/c1-15(2)18-21-8-12-25(18)16(3)20(26)24-9-5-17(6-10-24)19-22-7-11-23(19)13-14-27-4/h7-8,11-12,15-17H,5-6,9-10,13-14H2,1-4H3/t16-/m0/s1. The first kappa shape index (κ1) is 19.6. The molecule has 0 radical (unpaired) electrons. The Hall–Kier alpha value is -2.15. The van der Waals surface area contributed by atoms with E-state index in [4.69, 9.17) is 4.74 Å². The van der Waals surface area contributed by atoms with Crippen LogP contribution in [0, 0.1) is 0 Å². The maximum absolute atomic E-state index is 13.0. The van der Waals surface area contributed by atoms with Gasteiger partial charge in [-0.15, -0.1) is 0 Å². The molecular formula is C20H31N5O2. The van der Waals surface area contributed by atoms with E-state index in [0.29, 0.717) is 18.4 Å². The maximum Gasteiger partial charge on any atom is 0.245 e. The number of amides is 1. The molecule has 1 fully saturated rings. The number of hydrogen-bond acceptors (Lipinski definition) is 4. The van der Waals surface area contributed by atoms with Crippen molar-refractivity contribution in [2.75, 3.05) is 26.8 Å². The summed E-state index contributed by atoms with van der Waals surface area (Å²) in [5.41, 5.74) is 0. The van der Waals surface area contributed by atoms with Crippen molar-refractivity contribution in [3.05, 3.63) is 36.4 Å². The van der Waals surface area contributed by atoms with Crippen LogP contribution in [0.3, 0.4) is 0 Å². The third kappa shape index (κ3) is 4.24. The number of rotatable bonds is 7. The number of likely N-dealkylation sites (tertiary alicyclic amines) is 1. The quantitative estimate of drug-likeness (QED) is 0.749. The first-order valence-electron chi connectivity index (χ1n) is 9.84. The van der Waals surface area contributed by atoms with E-state index in [1.54, 1.807) is 13.3 Å². The summed E-state index contributed by atoms with van der Waals surface area (Å²) in [6.45, 7) is 9.23. The van der Waals surface area contributed by atoms with E-state index >= 15 is 0 Å². The Morgan fingerprint density at radius 1 is 1.19 bits per heavy atom. The largest absolute Gasteiger partial charge is 0.383 e. The molecule has 0 aromatic carbocycles. The predicted octanol–water partition coefficient (Wildman–Crippen LogP) is 2.82. The number of nitrogens with zero attached hydrogens (tertiary/aromatic N) is 5. The Labute approximate surface area is 161 Å². The lowest BCUT2D eigenvalue weighted by molar-refractivity contribution is -0.135. The topological polar surface area (TPSA) is 65.2 Å². The van der Waals surface area contributed by atoms with Gasteiger partial charge in [0.1, 0.15) is 17.7 Å². The normalized spacial score (nSPS) is 16.9. The van der Waals surface area contributed by atoms with Crippen LogP contribution in [-0.4, -0.2) is 56.7 Å². The lowest BCUT2D eigenvalue weighted by atomic mass is 9.95. The van der Waals surface area contributed by atoms with Gasteiger partial charge >= 0.3 is 0 Å². The number of piperidine rings is 1. The zero-order chi connectivity index (χ0) is 19.4. The molecule has 1 aliphatic heterocycles. The molecule has 7 heteroatoms. The van der Waals surface area contributed by atoms with Gasteiger partial charge in [0.25, 0.3) is 0 Å². The van der Waals surface area contributed by atoms with Gasteiger partial charge in [0.15, 0.2) is 0 Å². The van der Waals surface area contributed by atoms with Crippen LogP contribution in [0.4, 0.5) is 0 Å². The summed E-state index contributed by atoms with van der Waals surface area (Å²) in [6.07, 6.45) is 9.47. The molecule has 1 saturated heterocycles. The zero-order valence-corrected chi connectivity index (χ0v) is 16.8. The molecule has 0 saturated carbocycles. The van der Waals surface area contributed by atoms with Crippen molar-refractivity contribution in [3.8, 4) is 0 Å². The van der Waals surface area contributed by atoms with E-state index in [9.17, 15) is 4.79 Å². The molecule has 0 unspecified atom stereocenters. The molecule has 2 aromatic heterocycles. The van der Waals surface area contributed by atoms with Gasteiger partial charge in [-0.3, -0.25) is 4.79 Å². The smallest absolute Gasteiger partial charge is 0.245 e. The molecule has 0 aliphatic carbocycles. The van der Waals surface area contributed by atoms with Crippen molar-refractivity contribution >= 4 is 5.91 Å². The van der Waals surface area contributed by atoms with Gasteiger partial charge in [-0.05, 0) is 19.8 Å². The number of carbonyl (C=O) groups is 1. The third-order valence-corrected chi connectivity index (χ3v) is 5.45. The fraction of sp³-hybridized carbons (Fsp3) is 0.650. The van der Waals surface area contributed by atoms with Crippen molar-refractivity contribution in [2.45, 2.75) is 58.0 Å². The SMILES string of the molecule is COCCn1ccnc1C1CCN(C(=O)[C@H](C)n2ccnc2C(C)C)CC1. The number of aromatic nitrogens is 4. The van der Waals surface area contributed by atoms with Crippen LogP contribution in [0.1, 0.15) is 63.1 Å². The second-order valence-electron chi connectivity index (χ2n) is 7.59. The van der Waals surface area contributed by atoms with Gasteiger partial charge in [0.2, 0.25) is 5.91 Å². The molecule has 7 nitrogen and oxygen atoms in total. The summed E-state index contributed by atoms with van der Waals surface area (Å²) in [5.74, 6) is 2.95. The number of imidazole rings is 2. The fourth-order valence-corrected chi connectivity index (χ4v) is 3.90. The van der Waals surface area contributed by atoms with E-state index in [0.717, 1.165) is 44.1 Å². The molecule has 3 heterocycles. The minimum Gasteiger partial charge on any atom is -0.383 e. The Kier molecular flexibility index (Phi) is 6.31. The minimum atomic E-state index is -0.217. The summed E-state index contributed by atoms with van der Waals surface area (Å²) in [7, 11) is 1.72. The molecule has 0 N–H and O–H groups in total.